The summed E-state index contributed by atoms with van der Waals surface area (Å²) in [6, 6.07) is 24.4. The SMILES string of the molecule is CC.CC1(c2ccccc2)C2=C(CCC=C2)c2cc3c(cc21)[nH]c1ccccc13. The van der Waals surface area contributed by atoms with E-state index in [1.165, 1.54) is 49.6 Å². The first-order valence-electron chi connectivity index (χ1n) is 10.8. The zero-order chi connectivity index (χ0) is 20.0. The minimum Gasteiger partial charge on any atom is -0.355 e. The Labute approximate surface area is 172 Å². The zero-order valence-corrected chi connectivity index (χ0v) is 17.4. The number of benzene rings is 3. The molecule has 0 radical (unpaired) electrons. The summed E-state index contributed by atoms with van der Waals surface area (Å²) in [6.07, 6.45) is 6.98. The van der Waals surface area contributed by atoms with E-state index in [4.69, 9.17) is 0 Å². The van der Waals surface area contributed by atoms with Crippen molar-refractivity contribution < 1.29 is 0 Å². The second kappa shape index (κ2) is 6.77. The fourth-order valence-corrected chi connectivity index (χ4v) is 5.20. The second-order valence-corrected chi connectivity index (χ2v) is 7.94. The summed E-state index contributed by atoms with van der Waals surface area (Å²) in [6.45, 7) is 6.40. The Balaban J connectivity index is 0.000000882. The molecule has 0 spiro atoms. The zero-order valence-electron chi connectivity index (χ0n) is 17.4. The largest absolute Gasteiger partial charge is 0.355 e. The van der Waals surface area contributed by atoms with Crippen LogP contribution in [0.3, 0.4) is 0 Å². The molecule has 0 bridgehead atoms. The van der Waals surface area contributed by atoms with E-state index in [9.17, 15) is 0 Å². The van der Waals surface area contributed by atoms with Crippen LogP contribution in [0, 0.1) is 0 Å². The van der Waals surface area contributed by atoms with Crippen LogP contribution < -0.4 is 0 Å². The summed E-state index contributed by atoms with van der Waals surface area (Å²) in [4.78, 5) is 3.64. The molecule has 1 heterocycles. The van der Waals surface area contributed by atoms with Crippen molar-refractivity contribution in [1.29, 1.82) is 0 Å². The van der Waals surface area contributed by atoms with E-state index in [1.54, 1.807) is 0 Å². The molecule has 0 fully saturated rings. The van der Waals surface area contributed by atoms with Gasteiger partial charge in [0.15, 0.2) is 0 Å². The smallest absolute Gasteiger partial charge is 0.0468 e. The minimum absolute atomic E-state index is 0.0890. The standard InChI is InChI=1S/C26H21N.C2H6/c1-26(17-9-3-2-4-10-17)22-13-7-5-11-18(22)20-15-21-19-12-6-8-14-24(19)27-25(21)16-23(20)26;1-2/h2-4,6-10,12-16,27H,5,11H2,1H3;1-2H3. The van der Waals surface area contributed by atoms with Crippen LogP contribution in [0.15, 0.2) is 84.5 Å². The first kappa shape index (κ1) is 18.0. The van der Waals surface area contributed by atoms with Crippen molar-refractivity contribution in [3.05, 3.63) is 101 Å². The number of nitrogens with one attached hydrogen (secondary N) is 1. The maximum Gasteiger partial charge on any atom is 0.0468 e. The van der Waals surface area contributed by atoms with E-state index >= 15 is 0 Å². The van der Waals surface area contributed by atoms with Crippen LogP contribution in [0.1, 0.15) is 50.3 Å². The van der Waals surface area contributed by atoms with Crippen molar-refractivity contribution in [3.63, 3.8) is 0 Å². The van der Waals surface area contributed by atoms with Crippen LogP contribution in [0.25, 0.3) is 27.4 Å². The molecular weight excluding hydrogens is 350 g/mol. The molecule has 144 valence electrons. The average Bonchev–Trinajstić information content (AvgIpc) is 3.28. The lowest BCUT2D eigenvalue weighted by Gasteiger charge is -2.30. The van der Waals surface area contributed by atoms with E-state index in [0.717, 1.165) is 12.8 Å². The van der Waals surface area contributed by atoms with Crippen LogP contribution >= 0.6 is 0 Å². The number of aromatic amines is 1. The molecule has 2 aliphatic carbocycles. The molecule has 3 aromatic carbocycles. The third-order valence-corrected chi connectivity index (χ3v) is 6.57. The summed E-state index contributed by atoms with van der Waals surface area (Å²) in [7, 11) is 0. The van der Waals surface area contributed by atoms with Gasteiger partial charge in [0.05, 0.1) is 0 Å². The van der Waals surface area contributed by atoms with Crippen molar-refractivity contribution in [3.8, 4) is 0 Å². The molecule has 4 aromatic rings. The minimum atomic E-state index is -0.0890. The first-order valence-corrected chi connectivity index (χ1v) is 10.8. The topological polar surface area (TPSA) is 15.8 Å². The highest BCUT2D eigenvalue weighted by molar-refractivity contribution is 6.09. The lowest BCUT2D eigenvalue weighted by Crippen LogP contribution is -2.23. The molecule has 1 aromatic heterocycles. The van der Waals surface area contributed by atoms with Gasteiger partial charge >= 0.3 is 0 Å². The highest BCUT2D eigenvalue weighted by atomic mass is 14.7. The van der Waals surface area contributed by atoms with E-state index in [-0.39, 0.29) is 5.41 Å². The number of para-hydroxylation sites is 1. The summed E-state index contributed by atoms with van der Waals surface area (Å²) < 4.78 is 0. The van der Waals surface area contributed by atoms with Gasteiger partial charge in [0.2, 0.25) is 0 Å². The van der Waals surface area contributed by atoms with Crippen LogP contribution in [-0.2, 0) is 5.41 Å². The Hall–Kier alpha value is -3.06. The number of hydrogen-bond donors (Lipinski definition) is 1. The van der Waals surface area contributed by atoms with Crippen LogP contribution in [0.5, 0.6) is 0 Å². The van der Waals surface area contributed by atoms with Crippen LogP contribution in [-0.4, -0.2) is 4.98 Å². The van der Waals surface area contributed by atoms with Gasteiger partial charge in [0, 0.05) is 27.2 Å². The van der Waals surface area contributed by atoms with Gasteiger partial charge in [-0.05, 0) is 65.8 Å². The number of allylic oxidation sites excluding steroid dienone is 4. The van der Waals surface area contributed by atoms with Gasteiger partial charge in [0.25, 0.3) is 0 Å². The maximum absolute atomic E-state index is 3.64. The molecule has 1 unspecified atom stereocenters. The highest BCUT2D eigenvalue weighted by Crippen LogP contribution is 2.54. The number of H-pyrrole nitrogens is 1. The number of aromatic nitrogens is 1. The van der Waals surface area contributed by atoms with Gasteiger partial charge < -0.3 is 4.98 Å². The Kier molecular flexibility index (Phi) is 4.20. The van der Waals surface area contributed by atoms with E-state index in [0.29, 0.717) is 0 Å². The third-order valence-electron chi connectivity index (χ3n) is 6.57. The van der Waals surface area contributed by atoms with Crippen molar-refractivity contribution in [2.45, 2.75) is 39.0 Å². The van der Waals surface area contributed by atoms with Crippen molar-refractivity contribution in [2.75, 3.05) is 0 Å². The van der Waals surface area contributed by atoms with Gasteiger partial charge in [-0.3, -0.25) is 0 Å². The molecular formula is C28H27N. The first-order chi connectivity index (χ1) is 14.3. The lowest BCUT2D eigenvalue weighted by molar-refractivity contribution is 0.704. The molecule has 1 heteroatoms. The van der Waals surface area contributed by atoms with Gasteiger partial charge in [-0.25, -0.2) is 0 Å². The molecule has 0 amide bonds. The maximum atomic E-state index is 3.64. The molecule has 1 N–H and O–H groups in total. The Morgan fingerprint density at radius 1 is 0.828 bits per heavy atom. The lowest BCUT2D eigenvalue weighted by atomic mass is 9.72. The van der Waals surface area contributed by atoms with Gasteiger partial charge in [-0.15, -0.1) is 0 Å². The predicted molar refractivity (Wildman–Crippen MR) is 125 cm³/mol. The Morgan fingerprint density at radius 3 is 2.41 bits per heavy atom. The summed E-state index contributed by atoms with van der Waals surface area (Å²) in [5, 5.41) is 2.65. The predicted octanol–water partition coefficient (Wildman–Crippen LogP) is 7.77. The Morgan fingerprint density at radius 2 is 1.59 bits per heavy atom. The van der Waals surface area contributed by atoms with Crippen molar-refractivity contribution in [2.24, 2.45) is 0 Å². The van der Waals surface area contributed by atoms with Crippen molar-refractivity contribution >= 4 is 27.4 Å². The highest BCUT2D eigenvalue weighted by Gasteiger charge is 2.42. The van der Waals surface area contributed by atoms with Gasteiger partial charge in [0.1, 0.15) is 0 Å². The van der Waals surface area contributed by atoms with Gasteiger partial charge in [-0.2, -0.15) is 0 Å². The van der Waals surface area contributed by atoms with Crippen LogP contribution in [0.2, 0.25) is 0 Å². The molecule has 6 rings (SSSR count). The second-order valence-electron chi connectivity index (χ2n) is 7.94. The fraction of sp³-hybridized carbons (Fsp3) is 0.214. The average molecular weight is 378 g/mol. The summed E-state index contributed by atoms with van der Waals surface area (Å²) in [5.41, 5.74) is 9.63. The number of fused-ring (bicyclic) bond motifs is 5. The quantitative estimate of drug-likeness (QED) is 0.349. The van der Waals surface area contributed by atoms with E-state index in [1.807, 2.05) is 13.8 Å². The normalized spacial score (nSPS) is 19.8. The number of hydrogen-bond acceptors (Lipinski definition) is 0. The summed E-state index contributed by atoms with van der Waals surface area (Å²) >= 11 is 0. The molecule has 1 atom stereocenters. The fourth-order valence-electron chi connectivity index (χ4n) is 5.20. The molecule has 29 heavy (non-hydrogen) atoms. The van der Waals surface area contributed by atoms with Crippen LogP contribution in [0.4, 0.5) is 0 Å². The van der Waals surface area contributed by atoms with E-state index in [2.05, 4.69) is 90.8 Å². The van der Waals surface area contributed by atoms with Gasteiger partial charge in [-0.1, -0.05) is 74.5 Å². The van der Waals surface area contributed by atoms with Crippen molar-refractivity contribution in [1.82, 2.24) is 4.98 Å². The molecule has 2 aliphatic rings. The summed E-state index contributed by atoms with van der Waals surface area (Å²) in [5.74, 6) is 0. The molecule has 0 aliphatic heterocycles. The monoisotopic (exact) mass is 377 g/mol. The molecule has 1 nitrogen and oxygen atoms in total. The number of rotatable bonds is 1. The third kappa shape index (κ3) is 2.47. The molecule has 0 saturated heterocycles. The van der Waals surface area contributed by atoms with E-state index < -0.39 is 0 Å². The molecule has 0 saturated carbocycles. The Bertz CT molecular complexity index is 1270.